The molecule has 0 aromatic heterocycles. The molecule has 0 saturated heterocycles. The van der Waals surface area contributed by atoms with E-state index in [-0.39, 0.29) is 5.78 Å². The highest BCUT2D eigenvalue weighted by Crippen LogP contribution is 2.18. The van der Waals surface area contributed by atoms with Crippen molar-refractivity contribution in [1.82, 2.24) is 0 Å². The lowest BCUT2D eigenvalue weighted by atomic mass is 10.0. The van der Waals surface area contributed by atoms with Gasteiger partial charge in [-0.3, -0.25) is 0 Å². The van der Waals surface area contributed by atoms with Gasteiger partial charge in [0.25, 0.3) is 0 Å². The maximum atomic E-state index is 9.44. The van der Waals surface area contributed by atoms with Crippen LogP contribution < -0.4 is 0 Å². The maximum Gasteiger partial charge on any atom is 0.126 e. The minimum Gasteiger partial charge on any atom is -0.300 e. The molecule has 0 saturated carbocycles. The Bertz CT molecular complexity index is 1600. The van der Waals surface area contributed by atoms with E-state index in [1.807, 2.05) is 0 Å². The van der Waals surface area contributed by atoms with Gasteiger partial charge in [0.05, 0.1) is 0 Å². The van der Waals surface area contributed by atoms with E-state index >= 15 is 0 Å². The number of allylic oxidation sites excluding steroid dienone is 16. The summed E-state index contributed by atoms with van der Waals surface area (Å²) >= 11 is 0. The van der Waals surface area contributed by atoms with Crippen LogP contribution in [0.3, 0.4) is 0 Å². The van der Waals surface area contributed by atoms with Crippen LogP contribution >= 0.6 is 0 Å². The maximum absolute atomic E-state index is 9.44. The van der Waals surface area contributed by atoms with Crippen molar-refractivity contribution in [3.63, 3.8) is 0 Å². The molecule has 0 heterocycles. The molecule has 0 amide bonds. The van der Waals surface area contributed by atoms with Crippen LogP contribution in [0.1, 0.15) is 585 Å². The first kappa shape index (κ1) is 119. The molecule has 0 N–H and O–H groups in total. The lowest BCUT2D eigenvalue weighted by Crippen LogP contribution is -1.83. The van der Waals surface area contributed by atoms with Crippen molar-refractivity contribution in [3.05, 3.63) is 97.2 Å². The molecule has 0 radical (unpaired) electrons. The lowest BCUT2D eigenvalue weighted by Gasteiger charge is -2.03. The summed E-state index contributed by atoms with van der Waals surface area (Å²) < 4.78 is 0. The Labute approximate surface area is 688 Å². The average molecular weight is 1510 g/mol. The molecular formula is C107H210O. The van der Waals surface area contributed by atoms with Crippen LogP contribution in [0.2, 0.25) is 0 Å². The van der Waals surface area contributed by atoms with Gasteiger partial charge < -0.3 is 4.79 Å². The molecule has 0 rings (SSSR count). The highest BCUT2D eigenvalue weighted by atomic mass is 16.1. The van der Waals surface area contributed by atoms with Crippen molar-refractivity contribution in [3.8, 4) is 0 Å². The third kappa shape index (κ3) is 156. The van der Waals surface area contributed by atoms with Crippen LogP contribution in [0.25, 0.3) is 0 Å². The molecule has 0 aromatic carbocycles. The number of Topliss-reactive ketones (excluding diaryl/α,β-unsaturated/α-hetero) is 1. The molecule has 0 aliphatic rings. The van der Waals surface area contributed by atoms with Crippen LogP contribution in [-0.4, -0.2) is 5.78 Å². The van der Waals surface area contributed by atoms with Gasteiger partial charge in [0.1, 0.15) is 5.78 Å². The largest absolute Gasteiger partial charge is 0.300 e. The summed E-state index contributed by atoms with van der Waals surface area (Å²) in [7, 11) is 0. The summed E-state index contributed by atoms with van der Waals surface area (Å²) in [6.45, 7) is 30.1. The third-order valence-electron chi connectivity index (χ3n) is 20.2. The van der Waals surface area contributed by atoms with Gasteiger partial charge in [0, 0.05) is 0 Å². The van der Waals surface area contributed by atoms with Gasteiger partial charge in [-0.25, -0.2) is 0 Å². The summed E-state index contributed by atoms with van der Waals surface area (Å²) in [4.78, 5) is 9.44. The Balaban J connectivity index is -0.000000225. The van der Waals surface area contributed by atoms with Crippen LogP contribution in [-0.2, 0) is 4.79 Å². The zero-order chi connectivity index (χ0) is 80.6. The highest BCUT2D eigenvalue weighted by Gasteiger charge is 1.98. The molecular weight excluding hydrogens is 1300 g/mol. The second-order valence-electron chi connectivity index (χ2n) is 32.3. The van der Waals surface area contributed by atoms with Gasteiger partial charge in [0.15, 0.2) is 0 Å². The summed E-state index contributed by atoms with van der Waals surface area (Å²) in [5.74, 6) is 0.167. The van der Waals surface area contributed by atoms with Gasteiger partial charge in [-0.05, 0) is 104 Å². The van der Waals surface area contributed by atoms with Crippen molar-refractivity contribution >= 4 is 5.78 Å². The second-order valence-corrected chi connectivity index (χ2v) is 32.3. The van der Waals surface area contributed by atoms with Crippen LogP contribution in [0.4, 0.5) is 0 Å². The SMILES string of the molecule is C/C=C\CCCCCCCCCCCCC.CC(C)=O.CC/C=C\C/C=C\C/C=C\C/C=C\C/C=C\C/C=C\CCC.CCCCCCCC/C=C\CCCCCCCC.CCCCCCCCCCCCCC.CCCCCCCCCCCCCCCC.CCCCCCCCCCCCCCCCCC. The summed E-state index contributed by atoms with van der Waals surface area (Å²) in [5, 5.41) is 0. The van der Waals surface area contributed by atoms with Gasteiger partial charge >= 0.3 is 0 Å². The quantitative estimate of drug-likeness (QED) is 0.0438. The van der Waals surface area contributed by atoms with E-state index in [1.54, 1.807) is 0 Å². The first-order valence-corrected chi connectivity index (χ1v) is 49.9. The normalized spacial score (nSPS) is 11.4. The highest BCUT2D eigenvalue weighted by molar-refractivity contribution is 5.72. The molecule has 1 heteroatoms. The summed E-state index contributed by atoms with van der Waals surface area (Å²) in [6.07, 6.45) is 143. The number of ketones is 1. The molecule has 0 aliphatic carbocycles. The molecule has 0 aromatic rings. The first-order valence-electron chi connectivity index (χ1n) is 49.9. The Hall–Kier alpha value is -2.41. The summed E-state index contributed by atoms with van der Waals surface area (Å²) in [5.41, 5.74) is 0. The fourth-order valence-electron chi connectivity index (χ4n) is 13.0. The smallest absolute Gasteiger partial charge is 0.126 e. The van der Waals surface area contributed by atoms with E-state index in [4.69, 9.17) is 0 Å². The molecule has 644 valence electrons. The second kappa shape index (κ2) is 131. The van der Waals surface area contributed by atoms with Crippen molar-refractivity contribution in [2.45, 2.75) is 585 Å². The van der Waals surface area contributed by atoms with Gasteiger partial charge in [-0.2, -0.15) is 0 Å². The Morgan fingerprint density at radius 1 is 0.157 bits per heavy atom. The molecule has 0 unspecified atom stereocenters. The first-order chi connectivity index (χ1) is 53.2. The number of hydrogen-bond donors (Lipinski definition) is 0. The van der Waals surface area contributed by atoms with Crippen molar-refractivity contribution < 1.29 is 4.79 Å². The molecule has 0 atom stereocenters. The van der Waals surface area contributed by atoms with Gasteiger partial charge in [0.2, 0.25) is 0 Å². The molecule has 0 aliphatic heterocycles. The number of carbonyl (C=O) groups excluding carboxylic acids is 1. The third-order valence-corrected chi connectivity index (χ3v) is 20.2. The van der Waals surface area contributed by atoms with E-state index in [9.17, 15) is 4.79 Å². The molecule has 0 spiro atoms. The minimum atomic E-state index is 0.167. The fraction of sp³-hybridized carbons (Fsp3) is 0.841. The lowest BCUT2D eigenvalue weighted by molar-refractivity contribution is -0.115. The molecule has 1 nitrogen and oxygen atoms in total. The molecule has 108 heavy (non-hydrogen) atoms. The minimum absolute atomic E-state index is 0.167. The number of rotatable bonds is 78. The van der Waals surface area contributed by atoms with E-state index < -0.39 is 0 Å². The van der Waals surface area contributed by atoms with E-state index in [0.717, 1.165) is 38.5 Å². The van der Waals surface area contributed by atoms with Crippen LogP contribution in [0.5, 0.6) is 0 Å². The van der Waals surface area contributed by atoms with Crippen LogP contribution in [0, 0.1) is 0 Å². The topological polar surface area (TPSA) is 17.1 Å². The van der Waals surface area contributed by atoms with E-state index in [1.165, 1.54) is 463 Å². The number of hydrogen-bond acceptors (Lipinski definition) is 1. The molecule has 0 bridgehead atoms. The zero-order valence-electron chi connectivity index (χ0n) is 77.9. The average Bonchev–Trinajstić information content (AvgIpc) is 3.89. The molecule has 0 fully saturated rings. The predicted molar refractivity (Wildman–Crippen MR) is 508 cm³/mol. The zero-order valence-corrected chi connectivity index (χ0v) is 77.9. The number of carbonyl (C=O) groups is 1. The monoisotopic (exact) mass is 1510 g/mol. The summed E-state index contributed by atoms with van der Waals surface area (Å²) in [6, 6.07) is 0. The fourth-order valence-corrected chi connectivity index (χ4v) is 13.0. The van der Waals surface area contributed by atoms with Crippen molar-refractivity contribution in [2.75, 3.05) is 0 Å². The van der Waals surface area contributed by atoms with E-state index in [2.05, 4.69) is 180 Å². The standard InChI is InChI=1S/C22H34.C18H38.C18H36.C16H34.C16H32.C14H30.C3H6O/c1-3-5-7-9-11-13-15-17-19-21-22-20-18-16-14-12-10-8-6-4-2;2*1-3-5-7-9-11-13-15-17-18-16-14-12-10-8-6-4-2;2*1-3-5-7-9-11-13-15-16-14-12-10-8-6-4-2;1-3-5-7-9-11-13-14-12-10-8-6-4-2;1-3(2)4/h5,7-8,10-11,13-14,16-17,19-20,22H,3-4,6,9,12,15,18,21H2,1-2H3;3-18H2,1-2H3;17-18H,3-16H2,1-2H3;3-16H2,1-2H3;3,5H,4,6-16H2,1-2H3;3-14H2,1-2H3;1-2H3/b7-5-,10-8-,13-11-,16-14-,19-17-,22-20-;;18-17-;;5-3-;;. The van der Waals surface area contributed by atoms with Gasteiger partial charge in [-0.1, -0.05) is 578 Å². The van der Waals surface area contributed by atoms with Crippen molar-refractivity contribution in [1.29, 1.82) is 0 Å². The van der Waals surface area contributed by atoms with E-state index in [0.29, 0.717) is 0 Å². The predicted octanol–water partition coefficient (Wildman–Crippen LogP) is 40.8. The van der Waals surface area contributed by atoms with Crippen LogP contribution in [0.15, 0.2) is 97.2 Å². The number of unbranched alkanes of at least 4 members (excludes halogenated alkanes) is 63. The van der Waals surface area contributed by atoms with Gasteiger partial charge in [-0.15, -0.1) is 0 Å². The van der Waals surface area contributed by atoms with Crippen molar-refractivity contribution in [2.24, 2.45) is 0 Å². The Morgan fingerprint density at radius 2 is 0.287 bits per heavy atom. The Morgan fingerprint density at radius 3 is 0.435 bits per heavy atom. The Kier molecular flexibility index (Phi) is 144.